The van der Waals surface area contributed by atoms with Crippen LogP contribution >= 0.6 is 0 Å². The fraction of sp³-hybridized carbons (Fsp3) is 1.00. The Labute approximate surface area is 70.0 Å². The minimum absolute atomic E-state index is 0.714. The lowest BCUT2D eigenvalue weighted by atomic mass is 10.0. The number of nitrogens with one attached hydrogen (secondary N) is 1. The first kappa shape index (κ1) is 9.01. The van der Waals surface area contributed by atoms with Gasteiger partial charge in [-0.15, -0.1) is 0 Å². The van der Waals surface area contributed by atoms with Crippen LogP contribution in [0.2, 0.25) is 0 Å². The highest BCUT2D eigenvalue weighted by molar-refractivity contribution is 4.78. The molecule has 0 amide bonds. The van der Waals surface area contributed by atoms with E-state index in [2.05, 4.69) is 31.1 Å². The topological polar surface area (TPSA) is 15.3 Å². The summed E-state index contributed by atoms with van der Waals surface area (Å²) in [5.41, 5.74) is 0. The van der Waals surface area contributed by atoms with Crippen LogP contribution in [-0.2, 0) is 0 Å². The van der Waals surface area contributed by atoms with E-state index in [1.807, 2.05) is 0 Å². The summed E-state index contributed by atoms with van der Waals surface area (Å²) in [5.74, 6) is 0. The Hall–Kier alpha value is -0.0800. The highest BCUT2D eigenvalue weighted by Crippen LogP contribution is 2.11. The van der Waals surface area contributed by atoms with Crippen molar-refractivity contribution in [3.8, 4) is 0 Å². The highest BCUT2D eigenvalue weighted by Gasteiger charge is 2.19. The summed E-state index contributed by atoms with van der Waals surface area (Å²) in [6, 6.07) is 1.44. The summed E-state index contributed by atoms with van der Waals surface area (Å²) in [4.78, 5) is 2.55. The third-order valence-corrected chi connectivity index (χ3v) is 2.59. The molecule has 1 fully saturated rings. The number of likely N-dealkylation sites (N-methyl/N-ethyl adjacent to an activating group) is 1. The quantitative estimate of drug-likeness (QED) is 0.643. The lowest BCUT2D eigenvalue weighted by molar-refractivity contribution is 0.158. The van der Waals surface area contributed by atoms with Crippen LogP contribution in [0.1, 0.15) is 26.7 Å². The average molecular weight is 156 g/mol. The molecule has 1 aliphatic rings. The number of piperidine rings is 1. The molecule has 0 spiro atoms. The first-order valence-electron chi connectivity index (χ1n) is 4.65. The molecule has 11 heavy (non-hydrogen) atoms. The monoisotopic (exact) mass is 156 g/mol. The lowest BCUT2D eigenvalue weighted by Crippen LogP contribution is -2.47. The molecule has 1 N–H and O–H groups in total. The van der Waals surface area contributed by atoms with Gasteiger partial charge in [0.15, 0.2) is 0 Å². The van der Waals surface area contributed by atoms with Gasteiger partial charge in [-0.1, -0.05) is 0 Å². The van der Waals surface area contributed by atoms with Gasteiger partial charge in [0.1, 0.15) is 0 Å². The molecule has 0 aromatic carbocycles. The first-order valence-corrected chi connectivity index (χ1v) is 4.65. The van der Waals surface area contributed by atoms with Crippen LogP contribution in [0.5, 0.6) is 0 Å². The minimum atomic E-state index is 0.714. The van der Waals surface area contributed by atoms with E-state index in [1.165, 1.54) is 25.9 Å². The second kappa shape index (κ2) is 4.07. The van der Waals surface area contributed by atoms with Gasteiger partial charge < -0.3 is 5.32 Å². The summed E-state index contributed by atoms with van der Waals surface area (Å²) in [7, 11) is 2.06. The zero-order valence-corrected chi connectivity index (χ0v) is 7.93. The van der Waals surface area contributed by atoms with Crippen LogP contribution in [0.15, 0.2) is 0 Å². The second-order valence-electron chi connectivity index (χ2n) is 3.72. The molecule has 0 bridgehead atoms. The standard InChI is InChI=1S/C9H20N2/c1-8(2)11-6-4-5-9(7-11)10-3/h8-10H,4-7H2,1-3H3. The van der Waals surface area contributed by atoms with Crippen molar-refractivity contribution in [2.45, 2.75) is 38.8 Å². The van der Waals surface area contributed by atoms with Gasteiger partial charge in [0.05, 0.1) is 0 Å². The maximum atomic E-state index is 3.35. The van der Waals surface area contributed by atoms with Gasteiger partial charge in [-0.2, -0.15) is 0 Å². The second-order valence-corrected chi connectivity index (χ2v) is 3.72. The van der Waals surface area contributed by atoms with E-state index in [9.17, 15) is 0 Å². The van der Waals surface area contributed by atoms with Crippen molar-refractivity contribution < 1.29 is 0 Å². The molecule has 1 heterocycles. The molecule has 66 valence electrons. The van der Waals surface area contributed by atoms with Crippen molar-refractivity contribution in [3.05, 3.63) is 0 Å². The van der Waals surface area contributed by atoms with E-state index in [4.69, 9.17) is 0 Å². The molecule has 0 aromatic rings. The van der Waals surface area contributed by atoms with Gasteiger partial charge in [-0.3, -0.25) is 4.90 Å². The Balaban J connectivity index is 2.33. The van der Waals surface area contributed by atoms with E-state index in [0.29, 0.717) is 6.04 Å². The van der Waals surface area contributed by atoms with Crippen LogP contribution in [0.3, 0.4) is 0 Å². The molecule has 1 atom stereocenters. The Bertz CT molecular complexity index is 112. The van der Waals surface area contributed by atoms with E-state index >= 15 is 0 Å². The smallest absolute Gasteiger partial charge is 0.0192 e. The molecule has 0 aliphatic carbocycles. The summed E-state index contributed by atoms with van der Waals surface area (Å²) in [6.07, 6.45) is 2.70. The highest BCUT2D eigenvalue weighted by atomic mass is 15.2. The van der Waals surface area contributed by atoms with Gasteiger partial charge in [0.25, 0.3) is 0 Å². The fourth-order valence-corrected chi connectivity index (χ4v) is 1.71. The molecule has 1 rings (SSSR count). The molecule has 0 radical (unpaired) electrons. The zero-order chi connectivity index (χ0) is 8.27. The third kappa shape index (κ3) is 2.46. The van der Waals surface area contributed by atoms with Gasteiger partial charge in [-0.05, 0) is 40.3 Å². The average Bonchev–Trinajstić information content (AvgIpc) is 2.05. The SMILES string of the molecule is CNC1CCCN(C(C)C)C1. The molecule has 0 aromatic heterocycles. The van der Waals surface area contributed by atoms with Crippen LogP contribution in [-0.4, -0.2) is 37.1 Å². The zero-order valence-electron chi connectivity index (χ0n) is 7.93. The van der Waals surface area contributed by atoms with Gasteiger partial charge >= 0.3 is 0 Å². The molecule has 2 heteroatoms. The van der Waals surface area contributed by atoms with Gasteiger partial charge in [0, 0.05) is 18.6 Å². The van der Waals surface area contributed by atoms with Crippen LogP contribution in [0.4, 0.5) is 0 Å². The maximum Gasteiger partial charge on any atom is 0.0192 e. The Kier molecular flexibility index (Phi) is 3.34. The van der Waals surface area contributed by atoms with Crippen LogP contribution in [0, 0.1) is 0 Å². The predicted molar refractivity (Wildman–Crippen MR) is 48.8 cm³/mol. The first-order chi connectivity index (χ1) is 5.24. The molecule has 1 saturated heterocycles. The molecule has 1 aliphatic heterocycles. The van der Waals surface area contributed by atoms with E-state index in [1.54, 1.807) is 0 Å². The predicted octanol–water partition coefficient (Wildman–Crippen LogP) is 1.08. The Morgan fingerprint density at radius 3 is 2.73 bits per heavy atom. The van der Waals surface area contributed by atoms with Crippen molar-refractivity contribution in [3.63, 3.8) is 0 Å². The normalized spacial score (nSPS) is 27.8. The molecule has 0 saturated carbocycles. The summed E-state index contributed by atoms with van der Waals surface area (Å²) < 4.78 is 0. The molecule has 2 nitrogen and oxygen atoms in total. The number of nitrogens with zero attached hydrogens (tertiary/aromatic N) is 1. The van der Waals surface area contributed by atoms with Gasteiger partial charge in [-0.25, -0.2) is 0 Å². The number of hydrogen-bond acceptors (Lipinski definition) is 2. The van der Waals surface area contributed by atoms with E-state index < -0.39 is 0 Å². The van der Waals surface area contributed by atoms with Crippen molar-refractivity contribution in [2.24, 2.45) is 0 Å². The van der Waals surface area contributed by atoms with Gasteiger partial charge in [0.2, 0.25) is 0 Å². The van der Waals surface area contributed by atoms with E-state index in [0.717, 1.165) is 6.04 Å². The third-order valence-electron chi connectivity index (χ3n) is 2.59. The van der Waals surface area contributed by atoms with Crippen molar-refractivity contribution >= 4 is 0 Å². The van der Waals surface area contributed by atoms with Crippen LogP contribution < -0.4 is 5.32 Å². The summed E-state index contributed by atoms with van der Waals surface area (Å²) in [5, 5.41) is 3.35. The Morgan fingerprint density at radius 1 is 1.45 bits per heavy atom. The molecular weight excluding hydrogens is 136 g/mol. The maximum absolute atomic E-state index is 3.35. The number of hydrogen-bond donors (Lipinski definition) is 1. The Morgan fingerprint density at radius 2 is 2.18 bits per heavy atom. The molecular formula is C9H20N2. The minimum Gasteiger partial charge on any atom is -0.316 e. The number of rotatable bonds is 2. The van der Waals surface area contributed by atoms with Crippen LogP contribution in [0.25, 0.3) is 0 Å². The van der Waals surface area contributed by atoms with Crippen molar-refractivity contribution in [1.29, 1.82) is 0 Å². The van der Waals surface area contributed by atoms with Crippen molar-refractivity contribution in [1.82, 2.24) is 10.2 Å². The lowest BCUT2D eigenvalue weighted by Gasteiger charge is -2.35. The van der Waals surface area contributed by atoms with E-state index in [-0.39, 0.29) is 0 Å². The summed E-state index contributed by atoms with van der Waals surface area (Å²) in [6.45, 7) is 7.07. The largest absolute Gasteiger partial charge is 0.316 e. The fourth-order valence-electron chi connectivity index (χ4n) is 1.71. The van der Waals surface area contributed by atoms with Crippen molar-refractivity contribution in [2.75, 3.05) is 20.1 Å². The number of likely N-dealkylation sites (tertiary alicyclic amines) is 1. The summed E-state index contributed by atoms with van der Waals surface area (Å²) >= 11 is 0. The molecule has 1 unspecified atom stereocenters.